The number of aliphatic carboxylic acids is 1. The Labute approximate surface area is 198 Å². The number of amides is 2. The average Bonchev–Trinajstić information content (AvgIpc) is 3.31. The number of oxime groups is 1. The van der Waals surface area contributed by atoms with E-state index in [1.54, 1.807) is 26.2 Å². The van der Waals surface area contributed by atoms with Gasteiger partial charge in [0, 0.05) is 10.1 Å². The molecule has 174 valence electrons. The molecule has 4 rings (SSSR count). The van der Waals surface area contributed by atoms with Crippen molar-refractivity contribution < 1.29 is 24.3 Å². The Bertz CT molecular complexity index is 1120. The maximum atomic E-state index is 13.1. The van der Waals surface area contributed by atoms with Gasteiger partial charge in [0.1, 0.15) is 29.3 Å². The zero-order valence-electron chi connectivity index (χ0n) is 18.1. The number of carboxylic acids is 1. The molecular weight excluding hydrogens is 466 g/mol. The third-order valence-electron chi connectivity index (χ3n) is 5.51. The lowest BCUT2D eigenvalue weighted by atomic mass is 9.96. The molecule has 0 radical (unpaired) electrons. The van der Waals surface area contributed by atoms with Crippen LogP contribution < -0.4 is 11.1 Å². The van der Waals surface area contributed by atoms with Crippen LogP contribution in [0.15, 0.2) is 40.9 Å². The standard InChI is InChI=1S/C21H23N5O5S2/c1-10(11-7-5-4-6-8-11)31-25-13(12-9-32-20(22)23-12)16(27)24-14-17(28)26-15(19(29)30)21(2,3)33-18(14)26/h4-10,14-15,18H,1-3H3,(H2,22,23)(H,24,27)(H,29,30)/t10-,14+,15+,18-/m1/s1. The van der Waals surface area contributed by atoms with Crippen LogP contribution in [0, 0.1) is 0 Å². The first kappa shape index (κ1) is 23.1. The predicted molar refractivity (Wildman–Crippen MR) is 125 cm³/mol. The quantitative estimate of drug-likeness (QED) is 0.303. The molecule has 1 aromatic heterocycles. The van der Waals surface area contributed by atoms with E-state index in [0.29, 0.717) is 0 Å². The number of anilines is 1. The molecule has 10 nitrogen and oxygen atoms in total. The molecule has 3 heterocycles. The highest BCUT2D eigenvalue weighted by molar-refractivity contribution is 8.01. The molecule has 2 aliphatic rings. The summed E-state index contributed by atoms with van der Waals surface area (Å²) >= 11 is 2.48. The van der Waals surface area contributed by atoms with Gasteiger partial charge >= 0.3 is 5.97 Å². The van der Waals surface area contributed by atoms with Crippen LogP contribution in [-0.4, -0.2) is 60.7 Å². The number of carbonyl (C=O) groups is 3. The zero-order valence-corrected chi connectivity index (χ0v) is 19.7. The van der Waals surface area contributed by atoms with E-state index in [-0.39, 0.29) is 16.5 Å². The smallest absolute Gasteiger partial charge is 0.327 e. The molecule has 1 aromatic carbocycles. The molecule has 0 spiro atoms. The Balaban J connectivity index is 1.53. The normalized spacial score (nSPS) is 24.6. The first-order chi connectivity index (χ1) is 15.6. The number of nitrogen functional groups attached to an aromatic ring is 1. The van der Waals surface area contributed by atoms with Crippen molar-refractivity contribution in [1.29, 1.82) is 0 Å². The van der Waals surface area contributed by atoms with Crippen LogP contribution >= 0.6 is 23.1 Å². The van der Waals surface area contributed by atoms with E-state index in [1.807, 2.05) is 30.3 Å². The number of fused-ring (bicyclic) bond motifs is 1. The lowest BCUT2D eigenvalue weighted by Crippen LogP contribution is -2.71. The second kappa shape index (κ2) is 8.67. The molecule has 33 heavy (non-hydrogen) atoms. The summed E-state index contributed by atoms with van der Waals surface area (Å²) in [5, 5.41) is 17.6. The Hall–Kier alpha value is -3.12. The van der Waals surface area contributed by atoms with Crippen LogP contribution in [0.3, 0.4) is 0 Å². The molecular formula is C21H23N5O5S2. The molecule has 0 bridgehead atoms. The Morgan fingerprint density at radius 2 is 2.03 bits per heavy atom. The number of thioether (sulfide) groups is 1. The van der Waals surface area contributed by atoms with E-state index in [2.05, 4.69) is 15.5 Å². The second-order valence-corrected chi connectivity index (χ2v) is 10.9. The fourth-order valence-corrected chi connectivity index (χ4v) is 6.05. The maximum absolute atomic E-state index is 13.1. The molecule has 2 aromatic rings. The molecule has 0 unspecified atom stereocenters. The fourth-order valence-electron chi connectivity index (χ4n) is 3.87. The molecule has 2 fully saturated rings. The first-order valence-electron chi connectivity index (χ1n) is 10.1. The number of nitrogens with two attached hydrogens (primary N) is 1. The number of carbonyl (C=O) groups excluding carboxylic acids is 2. The average molecular weight is 490 g/mol. The summed E-state index contributed by atoms with van der Waals surface area (Å²) in [6.45, 7) is 5.33. The number of carboxylic acid groups (broad SMARTS) is 1. The van der Waals surface area contributed by atoms with Crippen LogP contribution in [0.1, 0.15) is 38.1 Å². The van der Waals surface area contributed by atoms with Gasteiger partial charge in [0.2, 0.25) is 5.91 Å². The van der Waals surface area contributed by atoms with Crippen LogP contribution in [0.5, 0.6) is 0 Å². The number of aromatic nitrogens is 1. The van der Waals surface area contributed by atoms with Crippen molar-refractivity contribution >= 4 is 51.7 Å². The van der Waals surface area contributed by atoms with Gasteiger partial charge in [0.25, 0.3) is 5.91 Å². The van der Waals surface area contributed by atoms with Crippen LogP contribution in [0.4, 0.5) is 5.13 Å². The van der Waals surface area contributed by atoms with E-state index in [4.69, 9.17) is 10.6 Å². The topological polar surface area (TPSA) is 147 Å². The highest BCUT2D eigenvalue weighted by Gasteiger charge is 2.64. The highest BCUT2D eigenvalue weighted by Crippen LogP contribution is 2.50. The SMILES string of the molecule is C[C@@H](ON=C(C(=O)N[C@H]1C(=O)N2[C@@H]1SC(C)(C)[C@@H]2C(=O)O)c1csc(N)n1)c1ccccc1. The summed E-state index contributed by atoms with van der Waals surface area (Å²) in [5.41, 5.74) is 6.70. The third-order valence-corrected chi connectivity index (χ3v) is 7.76. The third kappa shape index (κ3) is 4.27. The fraction of sp³-hybridized carbons (Fsp3) is 0.381. The number of hydrogen-bond acceptors (Lipinski definition) is 9. The Kier molecular flexibility index (Phi) is 6.06. The molecule has 0 aliphatic carbocycles. The van der Waals surface area contributed by atoms with E-state index in [9.17, 15) is 19.5 Å². The molecule has 2 aliphatic heterocycles. The number of thiazole rings is 1. The van der Waals surface area contributed by atoms with E-state index in [1.165, 1.54) is 16.7 Å². The van der Waals surface area contributed by atoms with Gasteiger partial charge in [-0.15, -0.1) is 23.1 Å². The predicted octanol–water partition coefficient (Wildman–Crippen LogP) is 1.84. The van der Waals surface area contributed by atoms with Crippen molar-refractivity contribution in [3.8, 4) is 0 Å². The number of hydrogen-bond donors (Lipinski definition) is 3. The van der Waals surface area contributed by atoms with Gasteiger partial charge in [-0.25, -0.2) is 9.78 Å². The van der Waals surface area contributed by atoms with Gasteiger partial charge in [-0.3, -0.25) is 9.59 Å². The van der Waals surface area contributed by atoms with Crippen LogP contribution in [-0.2, 0) is 19.2 Å². The summed E-state index contributed by atoms with van der Waals surface area (Å²) in [5.74, 6) is -2.18. The van der Waals surface area contributed by atoms with Gasteiger partial charge in [-0.1, -0.05) is 35.5 Å². The summed E-state index contributed by atoms with van der Waals surface area (Å²) in [7, 11) is 0. The Morgan fingerprint density at radius 1 is 1.33 bits per heavy atom. The first-order valence-corrected chi connectivity index (χ1v) is 11.9. The minimum atomic E-state index is -1.07. The van der Waals surface area contributed by atoms with Gasteiger partial charge in [0.15, 0.2) is 10.8 Å². The van der Waals surface area contributed by atoms with Crippen molar-refractivity contribution in [3.05, 3.63) is 47.0 Å². The summed E-state index contributed by atoms with van der Waals surface area (Å²) < 4.78 is -0.694. The molecule has 12 heteroatoms. The largest absolute Gasteiger partial charge is 0.480 e. The molecule has 2 saturated heterocycles. The van der Waals surface area contributed by atoms with Crippen molar-refractivity contribution in [2.24, 2.45) is 5.16 Å². The van der Waals surface area contributed by atoms with E-state index in [0.717, 1.165) is 16.9 Å². The van der Waals surface area contributed by atoms with Crippen molar-refractivity contribution in [2.45, 2.75) is 49.1 Å². The number of β-lactam (4-membered cyclic amide) rings is 1. The van der Waals surface area contributed by atoms with Gasteiger partial charge in [-0.05, 0) is 26.3 Å². The number of benzene rings is 1. The lowest BCUT2D eigenvalue weighted by Gasteiger charge is -2.43. The molecule has 4 atom stereocenters. The van der Waals surface area contributed by atoms with Crippen molar-refractivity contribution in [2.75, 3.05) is 5.73 Å². The monoisotopic (exact) mass is 489 g/mol. The summed E-state index contributed by atoms with van der Waals surface area (Å²) in [6, 6.07) is 7.53. The summed E-state index contributed by atoms with van der Waals surface area (Å²) in [4.78, 5) is 48.6. The maximum Gasteiger partial charge on any atom is 0.327 e. The van der Waals surface area contributed by atoms with Crippen molar-refractivity contribution in [3.63, 3.8) is 0 Å². The van der Waals surface area contributed by atoms with Crippen LogP contribution in [0.25, 0.3) is 0 Å². The minimum absolute atomic E-state index is 0.117. The van der Waals surface area contributed by atoms with Crippen molar-refractivity contribution in [1.82, 2.24) is 15.2 Å². The number of nitrogens with one attached hydrogen (secondary N) is 1. The zero-order chi connectivity index (χ0) is 23.9. The van der Waals surface area contributed by atoms with Gasteiger partial charge < -0.3 is 25.9 Å². The molecule has 4 N–H and O–H groups in total. The Morgan fingerprint density at radius 3 is 2.64 bits per heavy atom. The van der Waals surface area contributed by atoms with E-state index < -0.39 is 46.1 Å². The molecule has 0 saturated carbocycles. The van der Waals surface area contributed by atoms with Crippen LogP contribution in [0.2, 0.25) is 0 Å². The number of rotatable bonds is 7. The second-order valence-electron chi connectivity index (χ2n) is 8.22. The van der Waals surface area contributed by atoms with Gasteiger partial charge in [0.05, 0.1) is 0 Å². The lowest BCUT2D eigenvalue weighted by molar-refractivity contribution is -0.160. The summed E-state index contributed by atoms with van der Waals surface area (Å²) in [6.07, 6.45) is -0.437. The van der Waals surface area contributed by atoms with Gasteiger partial charge in [-0.2, -0.15) is 0 Å². The van der Waals surface area contributed by atoms with E-state index >= 15 is 0 Å². The minimum Gasteiger partial charge on any atom is -0.480 e. The number of nitrogens with zero attached hydrogens (tertiary/aromatic N) is 3. The highest BCUT2D eigenvalue weighted by atomic mass is 32.2. The molecule has 2 amide bonds.